The Balaban J connectivity index is 0.866. The van der Waals surface area contributed by atoms with Crippen molar-refractivity contribution in [2.75, 3.05) is 101 Å². The fourth-order valence-electron chi connectivity index (χ4n) is 10.5. The van der Waals surface area contributed by atoms with Gasteiger partial charge in [0, 0.05) is 124 Å². The molecule has 404 valence electrons. The quantitative estimate of drug-likeness (QED) is 0.0408. The molecule has 19 heteroatoms. The van der Waals surface area contributed by atoms with Crippen LogP contribution in [-0.2, 0) is 14.8 Å². The van der Waals surface area contributed by atoms with Gasteiger partial charge in [-0.3, -0.25) is 29.6 Å². The van der Waals surface area contributed by atoms with E-state index in [-0.39, 0.29) is 35.4 Å². The van der Waals surface area contributed by atoms with E-state index in [1.165, 1.54) is 28.8 Å². The number of halogens is 1. The van der Waals surface area contributed by atoms with Crippen molar-refractivity contribution in [3.05, 3.63) is 129 Å². The first-order valence-corrected chi connectivity index (χ1v) is 29.1. The Hall–Kier alpha value is -5.21. The van der Waals surface area contributed by atoms with Crippen LogP contribution in [0.1, 0.15) is 82.1 Å². The van der Waals surface area contributed by atoms with E-state index in [9.17, 15) is 33.2 Å². The van der Waals surface area contributed by atoms with Crippen LogP contribution in [0.5, 0.6) is 0 Å². The smallest absolute Gasteiger partial charge is 0.410 e. The molecule has 2 saturated heterocycles. The van der Waals surface area contributed by atoms with Gasteiger partial charge in [0.1, 0.15) is 11.3 Å². The van der Waals surface area contributed by atoms with Gasteiger partial charge in [0.25, 0.3) is 21.6 Å². The summed E-state index contributed by atoms with van der Waals surface area (Å²) in [6.45, 7) is 17.3. The van der Waals surface area contributed by atoms with Crippen molar-refractivity contribution >= 4 is 68.0 Å². The van der Waals surface area contributed by atoms with Crippen LogP contribution < -0.4 is 14.9 Å². The molecule has 4 aromatic rings. The van der Waals surface area contributed by atoms with Crippen LogP contribution in [0.2, 0.25) is 5.02 Å². The molecule has 2 aliphatic heterocycles. The van der Waals surface area contributed by atoms with Crippen molar-refractivity contribution in [1.82, 2.24) is 24.3 Å². The minimum Gasteiger partial charge on any atom is -0.444 e. The zero-order chi connectivity index (χ0) is 53.3. The molecule has 2 amide bonds. The van der Waals surface area contributed by atoms with Crippen molar-refractivity contribution < 1.29 is 32.8 Å². The lowest BCUT2D eigenvalue weighted by Gasteiger charge is -2.44. The summed E-state index contributed by atoms with van der Waals surface area (Å²) in [5, 5.41) is 26.1. The molecule has 3 fully saturated rings. The molecule has 2 aliphatic carbocycles. The largest absolute Gasteiger partial charge is 0.444 e. The number of carbonyl (C=O) groups is 2. The van der Waals surface area contributed by atoms with Gasteiger partial charge in [0.15, 0.2) is 0 Å². The van der Waals surface area contributed by atoms with Gasteiger partial charge in [-0.15, -0.1) is 11.8 Å². The normalized spacial score (nSPS) is 19.5. The number of nitrogens with one attached hydrogen (secondary N) is 2. The van der Waals surface area contributed by atoms with Crippen LogP contribution in [0.3, 0.4) is 0 Å². The Morgan fingerprint density at radius 3 is 2.24 bits per heavy atom. The van der Waals surface area contributed by atoms with Crippen LogP contribution >= 0.6 is 23.4 Å². The lowest BCUT2D eigenvalue weighted by atomic mass is 9.71. The molecule has 2 atom stereocenters. The highest BCUT2D eigenvalue weighted by Gasteiger charge is 2.37. The van der Waals surface area contributed by atoms with E-state index in [1.807, 2.05) is 80.3 Å². The summed E-state index contributed by atoms with van der Waals surface area (Å²) in [5.41, 5.74) is 4.42. The number of nitrogens with zero attached hydrogens (tertiary/aromatic N) is 6. The Labute approximate surface area is 452 Å². The molecule has 16 nitrogen and oxygen atoms in total. The SMILES string of the molecule is CC1(CN2CCN(C(=O)OC(C)(C)C)CC2)CCC(c2ccc(Cl)cc2)=C(CN2CCN(c3ccc(C(=O)NS(=O)(=O)c4ccc(N[C@H](CCN(CCO)C5CC5)CSc5ccccc5)c([N+](=O)[O-])c4)cc3)CC2)C1. The molecular formula is C56H73ClN8O8S2. The van der Waals surface area contributed by atoms with Gasteiger partial charge in [-0.1, -0.05) is 54.4 Å². The van der Waals surface area contributed by atoms with E-state index in [4.69, 9.17) is 16.3 Å². The molecule has 8 rings (SSSR count). The maximum absolute atomic E-state index is 13.6. The molecular weight excluding hydrogens is 1010 g/mol. The number of hydrogen-bond donors (Lipinski definition) is 3. The number of aliphatic hydroxyl groups is 1. The number of rotatable bonds is 21. The van der Waals surface area contributed by atoms with Crippen molar-refractivity contribution in [3.8, 4) is 0 Å². The van der Waals surface area contributed by atoms with Crippen LogP contribution in [0.15, 0.2) is 112 Å². The van der Waals surface area contributed by atoms with Crippen molar-refractivity contribution in [3.63, 3.8) is 0 Å². The summed E-state index contributed by atoms with van der Waals surface area (Å²) in [5.74, 6) is -0.249. The van der Waals surface area contributed by atoms with Crippen LogP contribution in [0, 0.1) is 15.5 Å². The predicted octanol–water partition coefficient (Wildman–Crippen LogP) is 9.11. The van der Waals surface area contributed by atoms with Crippen LogP contribution in [-0.4, -0.2) is 159 Å². The molecule has 4 aromatic carbocycles. The van der Waals surface area contributed by atoms with Gasteiger partial charge >= 0.3 is 6.09 Å². The van der Waals surface area contributed by atoms with Crippen molar-refractivity contribution in [2.24, 2.45) is 5.41 Å². The van der Waals surface area contributed by atoms with Crippen LogP contribution in [0.4, 0.5) is 21.9 Å². The second kappa shape index (κ2) is 24.8. The topological polar surface area (TPSA) is 181 Å². The number of piperazine rings is 2. The fourth-order valence-corrected chi connectivity index (χ4v) is 12.6. The van der Waals surface area contributed by atoms with Gasteiger partial charge < -0.3 is 25.0 Å². The Morgan fingerprint density at radius 1 is 0.920 bits per heavy atom. The molecule has 75 heavy (non-hydrogen) atoms. The number of carbonyl (C=O) groups excluding carboxylic acids is 2. The van der Waals surface area contributed by atoms with Gasteiger partial charge in [0.05, 0.1) is 16.4 Å². The summed E-state index contributed by atoms with van der Waals surface area (Å²) in [6.07, 6.45) is 5.56. The molecule has 2 heterocycles. The predicted molar refractivity (Wildman–Crippen MR) is 298 cm³/mol. The molecule has 1 saturated carbocycles. The molecule has 0 aromatic heterocycles. The molecule has 0 bridgehead atoms. The molecule has 3 N–H and O–H groups in total. The minimum atomic E-state index is -4.49. The first-order valence-electron chi connectivity index (χ1n) is 26.2. The number of thioether (sulfide) groups is 1. The van der Waals surface area contributed by atoms with E-state index in [2.05, 4.69) is 48.7 Å². The molecule has 0 radical (unpaired) electrons. The first kappa shape index (κ1) is 56.0. The first-order chi connectivity index (χ1) is 35.8. The standard InChI is InChI=1S/C56H73ClN8O8S2/c1-55(2,3)73-54(68)64-32-28-61(29-33-64)40-56(4)24-22-50(41-10-14-44(57)15-11-41)43(37-56)38-60-26-30-63(31-27-60)46-16-12-42(13-17-46)53(67)59-75(71,72)49-20-21-51(52(36-49)65(69)70)58-45(39-74-48-8-6-5-7-9-48)23-25-62(34-35-66)47-18-19-47/h5-17,20-21,36,45,47,58,66H,18-19,22-35,37-40H2,1-4H3,(H,59,67)/t45-,56?/m1/s1. The second-order valence-corrected chi connectivity index (χ2v) is 25.0. The third-order valence-electron chi connectivity index (χ3n) is 14.6. The number of nitro benzene ring substituents is 1. The number of hydrogen-bond acceptors (Lipinski definition) is 14. The van der Waals surface area contributed by atoms with Gasteiger partial charge in [-0.2, -0.15) is 0 Å². The number of allylic oxidation sites excluding steroid dienone is 1. The Kier molecular flexibility index (Phi) is 18.6. The van der Waals surface area contributed by atoms with E-state index >= 15 is 0 Å². The minimum absolute atomic E-state index is 0.0476. The highest BCUT2D eigenvalue weighted by atomic mass is 35.5. The average Bonchev–Trinajstić information content (AvgIpc) is 4.23. The Morgan fingerprint density at radius 2 is 1.60 bits per heavy atom. The van der Waals surface area contributed by atoms with Crippen LogP contribution in [0.25, 0.3) is 5.57 Å². The number of benzene rings is 4. The third kappa shape index (κ3) is 15.7. The summed E-state index contributed by atoms with van der Waals surface area (Å²) in [7, 11) is -4.49. The lowest BCUT2D eigenvalue weighted by molar-refractivity contribution is -0.384. The van der Waals surface area contributed by atoms with E-state index < -0.39 is 37.0 Å². The van der Waals surface area contributed by atoms with Crippen molar-refractivity contribution in [2.45, 2.75) is 93.7 Å². The number of ether oxygens (including phenoxy) is 1. The van der Waals surface area contributed by atoms with Gasteiger partial charge in [-0.25, -0.2) is 17.9 Å². The average molecular weight is 1090 g/mol. The van der Waals surface area contributed by atoms with Crippen molar-refractivity contribution in [1.29, 1.82) is 0 Å². The molecule has 0 spiro atoms. The fraction of sp³-hybridized carbons (Fsp3) is 0.500. The number of amides is 2. The van der Waals surface area contributed by atoms with Gasteiger partial charge in [-0.05, 0) is 137 Å². The lowest BCUT2D eigenvalue weighted by Crippen LogP contribution is -2.52. The summed E-state index contributed by atoms with van der Waals surface area (Å²) >= 11 is 7.95. The van der Waals surface area contributed by atoms with E-state index in [1.54, 1.807) is 23.9 Å². The highest BCUT2D eigenvalue weighted by Crippen LogP contribution is 2.44. The Bertz CT molecular complexity index is 2740. The highest BCUT2D eigenvalue weighted by molar-refractivity contribution is 7.99. The number of aliphatic hydroxyl groups excluding tert-OH is 1. The van der Waals surface area contributed by atoms with E-state index in [0.29, 0.717) is 49.4 Å². The number of anilines is 2. The zero-order valence-corrected chi connectivity index (χ0v) is 46.1. The second-order valence-electron chi connectivity index (χ2n) is 21.7. The zero-order valence-electron chi connectivity index (χ0n) is 43.7. The maximum atomic E-state index is 13.6. The monoisotopic (exact) mass is 1080 g/mol. The maximum Gasteiger partial charge on any atom is 0.410 e. The summed E-state index contributed by atoms with van der Waals surface area (Å²) in [4.78, 5) is 50.1. The molecule has 4 aliphatic rings. The summed E-state index contributed by atoms with van der Waals surface area (Å²) < 4.78 is 35.1. The number of sulfonamides is 1. The van der Waals surface area contributed by atoms with E-state index in [0.717, 1.165) is 101 Å². The molecule has 1 unspecified atom stereocenters. The number of nitro groups is 1. The summed E-state index contributed by atoms with van der Waals surface area (Å²) in [6, 6.07) is 28.8. The third-order valence-corrected chi connectivity index (χ3v) is 17.4. The van der Waals surface area contributed by atoms with Gasteiger partial charge in [0.2, 0.25) is 0 Å².